The predicted molar refractivity (Wildman–Crippen MR) is 204 cm³/mol. The zero-order valence-corrected chi connectivity index (χ0v) is 29.5. The molecule has 6 rings (SSSR count). The zero-order valence-electron chi connectivity index (χ0n) is 27.1. The lowest BCUT2D eigenvalue weighted by atomic mass is 10.0. The molecule has 6 aromatic rings. The number of nitrogens with one attached hydrogen (secondary N) is 4. The van der Waals surface area contributed by atoms with E-state index < -0.39 is 35.0 Å². The van der Waals surface area contributed by atoms with Gasteiger partial charge in [-0.25, -0.2) is 4.79 Å². The number of rotatable bonds is 10. The first-order chi connectivity index (χ1) is 24.9. The summed E-state index contributed by atoms with van der Waals surface area (Å²) in [7, 11) is 0. The van der Waals surface area contributed by atoms with Crippen LogP contribution in [0.1, 0.15) is 31.8 Å². The Hall–Kier alpha value is -5.69. The smallest absolute Gasteiger partial charge is 0.326 e. The number of H-pyrrole nitrogens is 2. The molecule has 14 heteroatoms. The van der Waals surface area contributed by atoms with Crippen LogP contribution in [0.15, 0.2) is 119 Å². The van der Waals surface area contributed by atoms with Gasteiger partial charge in [0.15, 0.2) is 0 Å². The van der Waals surface area contributed by atoms with Crippen molar-refractivity contribution in [2.75, 3.05) is 0 Å². The van der Waals surface area contributed by atoms with Gasteiger partial charge in [0.2, 0.25) is 16.2 Å². The highest BCUT2D eigenvalue weighted by Gasteiger charge is 2.23. The molecule has 0 aliphatic carbocycles. The molecule has 52 heavy (non-hydrogen) atoms. The van der Waals surface area contributed by atoms with Crippen molar-refractivity contribution in [1.29, 1.82) is 0 Å². The summed E-state index contributed by atoms with van der Waals surface area (Å²) in [6, 6.07) is 27.6. The molecule has 264 valence electrons. The number of halogens is 2. The zero-order chi connectivity index (χ0) is 37.4. The van der Waals surface area contributed by atoms with Crippen LogP contribution < -0.4 is 21.8 Å². The molecule has 2 amide bonds. The molecule has 4 aromatic carbocycles. The van der Waals surface area contributed by atoms with Crippen LogP contribution in [0.25, 0.3) is 21.8 Å². The number of carboxylic acid groups (broad SMARTS) is 1. The first-order valence-electron chi connectivity index (χ1n) is 15.7. The molecule has 0 saturated heterocycles. The standard InChI is InChI=1S/C19H15ClN2O4.C19H15ClN2O3S/c2*20-13-7-5-11(6-8-13)18(24)22-16(19(25)26)9-12-10-17(23)21-15-4-2-1-3-14(12)15/h2*1-8,10,16H,9H2,(H,21,23)(H,22,24)(H,25,26). The van der Waals surface area contributed by atoms with Crippen molar-refractivity contribution in [1.82, 2.24) is 20.6 Å². The maximum atomic E-state index is 12.4. The number of hydrogen-bond donors (Lipinski definition) is 6. The van der Waals surface area contributed by atoms with Crippen molar-refractivity contribution in [2.45, 2.75) is 24.9 Å². The number of carbonyl (C=O) groups is 4. The highest BCUT2D eigenvalue weighted by atomic mass is 35.5. The molecule has 11 nitrogen and oxygen atoms in total. The largest absolute Gasteiger partial charge is 0.480 e. The average Bonchev–Trinajstić information content (AvgIpc) is 3.11. The van der Waals surface area contributed by atoms with Crippen LogP contribution in [0.2, 0.25) is 10.0 Å². The molecular formula is C38H30Cl2N4O7S. The van der Waals surface area contributed by atoms with Gasteiger partial charge < -0.3 is 25.7 Å². The van der Waals surface area contributed by atoms with Gasteiger partial charge in [-0.3, -0.25) is 24.0 Å². The molecule has 2 unspecified atom stereocenters. The number of hydrogen-bond acceptors (Lipinski definition) is 6. The third-order valence-corrected chi connectivity index (χ3v) is 8.76. The second-order valence-corrected chi connectivity index (χ2v) is 12.9. The molecule has 2 aromatic heterocycles. The van der Waals surface area contributed by atoms with Crippen LogP contribution in [0.5, 0.6) is 0 Å². The Morgan fingerprint density at radius 3 is 1.40 bits per heavy atom. The van der Waals surface area contributed by atoms with E-state index in [0.29, 0.717) is 43.3 Å². The van der Waals surface area contributed by atoms with E-state index in [4.69, 9.17) is 23.2 Å². The first kappa shape index (κ1) is 37.6. The number of aromatic nitrogens is 2. The van der Waals surface area contributed by atoms with E-state index in [2.05, 4.69) is 33.2 Å². The number of thiol groups is 1. The number of carboxylic acids is 1. The molecule has 0 aliphatic heterocycles. The van der Waals surface area contributed by atoms with Gasteiger partial charge in [-0.2, -0.15) is 0 Å². The molecule has 0 radical (unpaired) electrons. The highest BCUT2D eigenvalue weighted by Crippen LogP contribution is 2.19. The fourth-order valence-corrected chi connectivity index (χ4v) is 5.83. The summed E-state index contributed by atoms with van der Waals surface area (Å²) in [5, 5.41) is 16.7. The second kappa shape index (κ2) is 17.0. The second-order valence-electron chi connectivity index (χ2n) is 11.6. The lowest BCUT2D eigenvalue weighted by Crippen LogP contribution is -2.42. The summed E-state index contributed by atoms with van der Waals surface area (Å²) in [5.74, 6) is -2.12. The van der Waals surface area contributed by atoms with E-state index in [1.165, 1.54) is 24.3 Å². The van der Waals surface area contributed by atoms with E-state index in [-0.39, 0.29) is 24.0 Å². The normalized spacial score (nSPS) is 11.9. The average molecular weight is 758 g/mol. The summed E-state index contributed by atoms with van der Waals surface area (Å²) in [6.45, 7) is 0. The molecule has 0 spiro atoms. The molecule has 2 atom stereocenters. The minimum atomic E-state index is -1.18. The van der Waals surface area contributed by atoms with Crippen LogP contribution in [0.4, 0.5) is 0 Å². The minimum absolute atomic E-state index is 0.0148. The number of para-hydroxylation sites is 2. The molecule has 2 heterocycles. The Bertz CT molecular complexity index is 2230. The monoisotopic (exact) mass is 756 g/mol. The Labute approximate surface area is 311 Å². The van der Waals surface area contributed by atoms with Crippen molar-refractivity contribution in [3.8, 4) is 0 Å². The van der Waals surface area contributed by atoms with E-state index in [1.54, 1.807) is 66.7 Å². The van der Waals surface area contributed by atoms with E-state index >= 15 is 0 Å². The predicted octanol–water partition coefficient (Wildman–Crippen LogP) is 5.59. The summed E-state index contributed by atoms with van der Waals surface area (Å²) < 4.78 is 0. The lowest BCUT2D eigenvalue weighted by molar-refractivity contribution is -0.139. The van der Waals surface area contributed by atoms with Crippen LogP contribution in [0.3, 0.4) is 0 Å². The summed E-state index contributed by atoms with van der Waals surface area (Å²) in [5.41, 5.74) is 2.58. The number of aromatic amines is 2. The molecule has 0 bridgehead atoms. The maximum Gasteiger partial charge on any atom is 0.326 e. The van der Waals surface area contributed by atoms with Gasteiger partial charge in [0.05, 0.1) is 0 Å². The molecule has 0 aliphatic rings. The maximum absolute atomic E-state index is 12.4. The Kier molecular flexibility index (Phi) is 12.3. The molecular weight excluding hydrogens is 727 g/mol. The van der Waals surface area contributed by atoms with Crippen LogP contribution in [-0.4, -0.2) is 50.1 Å². The number of aliphatic carboxylic acids is 1. The summed E-state index contributed by atoms with van der Waals surface area (Å²) >= 11 is 15.5. The van der Waals surface area contributed by atoms with Crippen LogP contribution >= 0.6 is 35.8 Å². The number of benzene rings is 4. The van der Waals surface area contributed by atoms with Crippen molar-refractivity contribution in [3.05, 3.63) is 162 Å². The van der Waals surface area contributed by atoms with E-state index in [9.17, 15) is 33.9 Å². The number of pyridine rings is 2. The van der Waals surface area contributed by atoms with Crippen molar-refractivity contribution in [3.63, 3.8) is 0 Å². The number of fused-ring (bicyclic) bond motifs is 2. The SMILES string of the molecule is O=C(NC(Cc1cc(=O)[nH]c2ccccc12)C(=O)O)c1ccc(Cl)cc1.O=C(NC(Cc1cc(=O)[nH]c2ccccc12)C(=O)S)c1ccc(Cl)cc1. The topological polar surface area (TPSA) is 178 Å². The Morgan fingerprint density at radius 1 is 0.615 bits per heavy atom. The van der Waals surface area contributed by atoms with Gasteiger partial charge in [0.25, 0.3) is 11.8 Å². The van der Waals surface area contributed by atoms with Gasteiger partial charge in [0.1, 0.15) is 12.1 Å². The molecule has 5 N–H and O–H groups in total. The van der Waals surface area contributed by atoms with Crippen molar-refractivity contribution >= 4 is 80.5 Å². The van der Waals surface area contributed by atoms with E-state index in [1.807, 2.05) is 18.2 Å². The van der Waals surface area contributed by atoms with Gasteiger partial charge in [-0.15, -0.1) is 12.6 Å². The fraction of sp³-hybridized carbons (Fsp3) is 0.105. The number of carbonyl (C=O) groups excluding carboxylic acids is 3. The van der Waals surface area contributed by atoms with Crippen molar-refractivity contribution < 1.29 is 24.3 Å². The Balaban J connectivity index is 0.000000201. The third-order valence-electron chi connectivity index (χ3n) is 7.94. The quantitative estimate of drug-likeness (QED) is 0.0988. The molecule has 0 saturated carbocycles. The fourth-order valence-electron chi connectivity index (χ4n) is 5.42. The first-order valence-corrected chi connectivity index (χ1v) is 16.9. The number of amides is 2. The van der Waals surface area contributed by atoms with Crippen molar-refractivity contribution in [2.24, 2.45) is 0 Å². The third kappa shape index (κ3) is 9.75. The summed E-state index contributed by atoms with van der Waals surface area (Å²) in [4.78, 5) is 77.4. The Morgan fingerprint density at radius 2 is 1.00 bits per heavy atom. The van der Waals surface area contributed by atoms with Crippen LogP contribution in [0, 0.1) is 0 Å². The minimum Gasteiger partial charge on any atom is -0.480 e. The van der Waals surface area contributed by atoms with Gasteiger partial charge in [0, 0.05) is 68.0 Å². The highest BCUT2D eigenvalue weighted by molar-refractivity contribution is 7.96. The van der Waals surface area contributed by atoms with Gasteiger partial charge in [-0.1, -0.05) is 59.6 Å². The van der Waals surface area contributed by atoms with Crippen LogP contribution in [-0.2, 0) is 22.4 Å². The van der Waals surface area contributed by atoms with E-state index in [0.717, 1.165) is 10.8 Å². The lowest BCUT2D eigenvalue weighted by Gasteiger charge is -2.16. The van der Waals surface area contributed by atoms with Gasteiger partial charge >= 0.3 is 5.97 Å². The molecule has 0 fully saturated rings. The summed E-state index contributed by atoms with van der Waals surface area (Å²) in [6.07, 6.45) is 0.144. The van der Waals surface area contributed by atoms with Gasteiger partial charge in [-0.05, 0) is 71.8 Å².